The summed E-state index contributed by atoms with van der Waals surface area (Å²) in [4.78, 5) is 96.1. The number of pyridine rings is 3. The second-order valence-electron chi connectivity index (χ2n) is 26.2. The number of benzene rings is 3. The molecule has 3 aliphatic carbocycles. The van der Waals surface area contributed by atoms with Gasteiger partial charge in [0.15, 0.2) is 0 Å². The lowest BCUT2D eigenvalue weighted by Gasteiger charge is -2.37. The van der Waals surface area contributed by atoms with Crippen molar-refractivity contribution >= 4 is 53.0 Å². The number of nitrogens with one attached hydrogen (secondary N) is 1. The summed E-state index contributed by atoms with van der Waals surface area (Å²) in [5.41, 5.74) is 10.8. The second kappa shape index (κ2) is 31.5. The summed E-state index contributed by atoms with van der Waals surface area (Å²) in [6, 6.07) is 28.4. The first kappa shape index (κ1) is 69.5. The van der Waals surface area contributed by atoms with Crippen LogP contribution in [0.4, 0.5) is 30.2 Å². The molecule has 9 aliphatic rings. The Hall–Kier alpha value is -8.29. The van der Waals surface area contributed by atoms with Crippen molar-refractivity contribution in [2.75, 3.05) is 91.4 Å². The average Bonchev–Trinajstić information content (AvgIpc) is 1.75. The number of amides is 3. The molecule has 4 N–H and O–H groups in total. The van der Waals surface area contributed by atoms with E-state index in [2.05, 4.69) is 30.1 Å². The summed E-state index contributed by atoms with van der Waals surface area (Å²) < 4.78 is 39.5. The van der Waals surface area contributed by atoms with E-state index in [0.29, 0.717) is 95.2 Å². The molecular weight excluding hydrogens is 1250 g/mol. The molecule has 6 aliphatic heterocycles. The molecule has 3 aromatic heterocycles. The maximum atomic E-state index is 13.2. The van der Waals surface area contributed by atoms with Gasteiger partial charge in [0, 0.05) is 100 Å². The van der Waals surface area contributed by atoms with Crippen LogP contribution in [-0.2, 0) is 38.4 Å². The normalized spacial score (nSPS) is 23.6. The number of nitrogens with zero attached hydrogens (tertiary/aromatic N) is 10. The van der Waals surface area contributed by atoms with Gasteiger partial charge in [-0.25, -0.2) is 23.1 Å². The minimum atomic E-state index is -0.554. The Kier molecular flexibility index (Phi) is 23.1. The third kappa shape index (κ3) is 16.9. The molecule has 9 heterocycles. The highest BCUT2D eigenvalue weighted by Crippen LogP contribution is 2.44. The van der Waals surface area contributed by atoms with E-state index in [4.69, 9.17) is 10.8 Å². The first-order chi connectivity index (χ1) is 45.4. The van der Waals surface area contributed by atoms with Crippen molar-refractivity contribution in [1.82, 2.24) is 44.8 Å². The Morgan fingerprint density at radius 1 is 0.495 bits per heavy atom. The Bertz CT molecular complexity index is 3670. The zero-order valence-corrected chi connectivity index (χ0v) is 54.1. The smallest absolute Gasteiger partial charge is 0.291 e. The van der Waals surface area contributed by atoms with Crippen LogP contribution in [0.25, 0.3) is 33.8 Å². The zero-order valence-electron chi connectivity index (χ0n) is 53.3. The number of aliphatic hydroxyl groups is 1. The molecule has 6 unspecified atom stereocenters. The molecule has 95 heavy (non-hydrogen) atoms. The molecule has 6 aromatic rings. The first-order valence-corrected chi connectivity index (χ1v) is 32.8. The van der Waals surface area contributed by atoms with Crippen LogP contribution < -0.4 is 11.1 Å². The lowest BCUT2D eigenvalue weighted by atomic mass is 10.0. The van der Waals surface area contributed by atoms with Crippen molar-refractivity contribution in [3.8, 4) is 33.8 Å². The maximum Gasteiger partial charge on any atom is 0.291 e. The van der Waals surface area contributed by atoms with Gasteiger partial charge >= 0.3 is 0 Å². The van der Waals surface area contributed by atoms with Crippen LogP contribution >= 0.6 is 12.4 Å². The number of anilines is 1. The largest absolute Gasteiger partial charge is 0.400 e. The molecular formula is C70H82ClF3N12O9. The molecule has 21 nitrogen and oxygen atoms in total. The Morgan fingerprint density at radius 3 is 1.08 bits per heavy atom. The van der Waals surface area contributed by atoms with Crippen molar-refractivity contribution < 1.29 is 47.3 Å². The topological polar surface area (TPSA) is 268 Å². The summed E-state index contributed by atoms with van der Waals surface area (Å²) in [5.74, 6) is 1.71. The average molecular weight is 1330 g/mol. The van der Waals surface area contributed by atoms with Crippen molar-refractivity contribution in [2.45, 2.75) is 89.1 Å². The molecule has 9 fully saturated rings. The lowest BCUT2D eigenvalue weighted by Crippen LogP contribution is -2.44. The molecule has 3 aromatic carbocycles. The number of ketones is 1. The molecule has 0 radical (unpaired) electrons. The van der Waals surface area contributed by atoms with E-state index in [1.807, 2.05) is 15.9 Å². The van der Waals surface area contributed by atoms with Gasteiger partial charge in [-0.05, 0) is 217 Å². The van der Waals surface area contributed by atoms with Crippen molar-refractivity contribution in [1.29, 1.82) is 0 Å². The minimum absolute atomic E-state index is 0. The SMILES string of the molecule is C1CNC1.CO.Cl.Nc1ccc(-c2ccc(F)cc2)nc1CC(=O)N1CC2CC(N3CCC3)CC2C1.O=C(Cc1nc(-c2ccc(F)cc2)ccc1[N+](=O)[O-])N1CC2CC(N3CCC3)CC2C1.O=C1CC2CN(C(=O)Cc3nc(-c4ccc(F)cc4)ccc3[N+](=O)[O-])CC2C1. The maximum absolute atomic E-state index is 13.2. The highest BCUT2D eigenvalue weighted by Gasteiger charge is 2.47. The van der Waals surface area contributed by atoms with E-state index in [-0.39, 0.29) is 107 Å². The summed E-state index contributed by atoms with van der Waals surface area (Å²) in [5, 5.41) is 33.0. The fourth-order valence-corrected chi connectivity index (χ4v) is 14.7. The summed E-state index contributed by atoms with van der Waals surface area (Å²) in [7, 11) is 1.00. The molecule has 0 spiro atoms. The van der Waals surface area contributed by atoms with E-state index in [0.717, 1.165) is 57.7 Å². The molecule has 3 amide bonds. The Morgan fingerprint density at radius 2 is 0.789 bits per heavy atom. The van der Waals surface area contributed by atoms with Crippen LogP contribution in [-0.4, -0.2) is 176 Å². The molecule has 15 rings (SSSR count). The summed E-state index contributed by atoms with van der Waals surface area (Å²) in [6.45, 7) is 11.6. The van der Waals surface area contributed by atoms with Crippen molar-refractivity contribution in [3.05, 3.63) is 164 Å². The number of aromatic nitrogens is 3. The number of likely N-dealkylation sites (tertiary alicyclic amines) is 5. The van der Waals surface area contributed by atoms with E-state index >= 15 is 0 Å². The highest BCUT2D eigenvalue weighted by atomic mass is 35.5. The quantitative estimate of drug-likeness (QED) is 0.0719. The van der Waals surface area contributed by atoms with E-state index in [1.54, 1.807) is 35.2 Å². The Balaban J connectivity index is 0.000000148. The van der Waals surface area contributed by atoms with Crippen LogP contribution in [0.5, 0.6) is 0 Å². The molecule has 6 saturated heterocycles. The molecule has 6 atom stereocenters. The van der Waals surface area contributed by atoms with Crippen molar-refractivity contribution in [2.24, 2.45) is 35.5 Å². The van der Waals surface area contributed by atoms with Gasteiger partial charge < -0.3 is 40.7 Å². The number of carbonyl (C=O) groups excluding carboxylic acids is 4. The zero-order chi connectivity index (χ0) is 66.2. The predicted octanol–water partition coefficient (Wildman–Crippen LogP) is 9.02. The van der Waals surface area contributed by atoms with Crippen LogP contribution in [0.3, 0.4) is 0 Å². The van der Waals surface area contributed by atoms with Crippen LogP contribution in [0.15, 0.2) is 109 Å². The number of rotatable bonds is 13. The van der Waals surface area contributed by atoms with E-state index < -0.39 is 9.85 Å². The number of nitro groups is 2. The Labute approximate surface area is 556 Å². The number of carbonyl (C=O) groups is 4. The third-order valence-electron chi connectivity index (χ3n) is 20.3. The fourth-order valence-electron chi connectivity index (χ4n) is 14.7. The van der Waals surface area contributed by atoms with E-state index in [1.165, 1.54) is 144 Å². The number of aliphatic hydroxyl groups excluding tert-OH is 1. The summed E-state index contributed by atoms with van der Waals surface area (Å²) in [6.07, 6.45) is 9.72. The van der Waals surface area contributed by atoms with Gasteiger partial charge in [-0.3, -0.25) is 44.4 Å². The number of fused-ring (bicyclic) bond motifs is 3. The summed E-state index contributed by atoms with van der Waals surface area (Å²) >= 11 is 0. The lowest BCUT2D eigenvalue weighted by molar-refractivity contribution is -0.386. The first-order valence-electron chi connectivity index (χ1n) is 32.8. The molecule has 504 valence electrons. The third-order valence-corrected chi connectivity index (χ3v) is 20.3. The van der Waals surface area contributed by atoms with Gasteiger partial charge in [-0.1, -0.05) is 0 Å². The number of halogens is 4. The monoisotopic (exact) mass is 1330 g/mol. The van der Waals surface area contributed by atoms with Gasteiger partial charge in [0.2, 0.25) is 17.7 Å². The minimum Gasteiger partial charge on any atom is -0.400 e. The van der Waals surface area contributed by atoms with E-state index in [9.17, 15) is 52.6 Å². The van der Waals surface area contributed by atoms with Crippen molar-refractivity contribution in [3.63, 3.8) is 0 Å². The highest BCUT2D eigenvalue weighted by molar-refractivity contribution is 5.86. The fraction of sp³-hybridized carbons (Fsp3) is 0.471. The van der Waals surface area contributed by atoms with Gasteiger partial charge in [0.05, 0.1) is 57.6 Å². The van der Waals surface area contributed by atoms with Crippen LogP contribution in [0.2, 0.25) is 0 Å². The number of Topliss-reactive ketones (excluding diaryl/α,β-unsaturated/α-hetero) is 1. The number of nitrogen functional groups attached to an aromatic ring is 1. The molecule has 3 saturated carbocycles. The standard InChI is InChI=1S/C23H25FN4O3.C23H27FN4O.C20H18FN3O4.C3H7N.CH4O.ClH/c24-18-4-2-15(3-5-18)20-6-7-22(28(30)31)21(25-20)12-23(29)27-13-16-10-19(11-17(16)14-27)26-8-1-9-26;24-18-4-2-15(3-5-18)21-7-6-20(25)22(26-21)12-23(29)28-13-16-10-19(11-17(16)14-28)27-8-1-9-27;21-15-3-1-12(2-4-15)17-5-6-19(24(27)28)18(22-17)9-20(26)23-10-13-7-16(25)8-14(13)11-23;1-2-4-3-1;1-2;/h2-7,16-17,19H,1,8-14H2;2-7,16-17,19H,1,8-14,25H2;1-6,13-14H,7-11H2;4H,1-3H2;2H,1H3;1H. The van der Waals surface area contributed by atoms with Gasteiger partial charge in [-0.15, -0.1) is 12.4 Å². The predicted molar refractivity (Wildman–Crippen MR) is 354 cm³/mol. The van der Waals surface area contributed by atoms with Gasteiger partial charge in [0.1, 0.15) is 34.6 Å². The van der Waals surface area contributed by atoms with Gasteiger partial charge in [0.25, 0.3) is 11.4 Å². The second-order valence-corrected chi connectivity index (χ2v) is 26.2. The van der Waals surface area contributed by atoms with Crippen LogP contribution in [0.1, 0.15) is 74.9 Å². The van der Waals surface area contributed by atoms with Crippen LogP contribution in [0, 0.1) is 73.2 Å². The van der Waals surface area contributed by atoms with Gasteiger partial charge in [-0.2, -0.15) is 0 Å². The molecule has 0 bridgehead atoms. The number of nitrogens with two attached hydrogens (primary N) is 1. The number of hydrogen-bond acceptors (Lipinski definition) is 16. The molecule has 25 heteroatoms. The number of hydrogen-bond donors (Lipinski definition) is 3.